The molecular formula is C8H17NO3. The van der Waals surface area contributed by atoms with Crippen molar-refractivity contribution in [2.45, 2.75) is 25.3 Å². The first-order valence-corrected chi connectivity index (χ1v) is 4.04. The third-order valence-electron chi connectivity index (χ3n) is 1.62. The van der Waals surface area contributed by atoms with Crippen LogP contribution < -0.4 is 5.73 Å². The molecule has 0 bridgehead atoms. The van der Waals surface area contributed by atoms with Crippen LogP contribution in [0.25, 0.3) is 0 Å². The molecule has 0 aliphatic rings. The number of esters is 1. The quantitative estimate of drug-likeness (QED) is 0.466. The van der Waals surface area contributed by atoms with E-state index in [1.54, 1.807) is 7.11 Å². The van der Waals surface area contributed by atoms with Gasteiger partial charge in [-0.25, -0.2) is 0 Å². The fourth-order valence-electron chi connectivity index (χ4n) is 0.880. The summed E-state index contributed by atoms with van der Waals surface area (Å²) in [7, 11) is 3.00. The van der Waals surface area contributed by atoms with Crippen molar-refractivity contribution in [2.75, 3.05) is 20.8 Å². The third-order valence-corrected chi connectivity index (χ3v) is 1.62. The maximum Gasteiger partial charge on any atom is 0.322 e. The molecular weight excluding hydrogens is 158 g/mol. The van der Waals surface area contributed by atoms with Gasteiger partial charge >= 0.3 is 5.97 Å². The first-order valence-electron chi connectivity index (χ1n) is 4.04. The Balaban J connectivity index is 3.31. The van der Waals surface area contributed by atoms with Crippen LogP contribution in [-0.2, 0) is 14.3 Å². The second-order valence-corrected chi connectivity index (χ2v) is 2.62. The largest absolute Gasteiger partial charge is 0.468 e. The highest BCUT2D eigenvalue weighted by atomic mass is 16.5. The minimum Gasteiger partial charge on any atom is -0.468 e. The van der Waals surface area contributed by atoms with Crippen LogP contribution in [0.15, 0.2) is 0 Å². The molecule has 4 heteroatoms. The maximum absolute atomic E-state index is 10.8. The molecule has 0 spiro atoms. The van der Waals surface area contributed by atoms with Crippen LogP contribution >= 0.6 is 0 Å². The van der Waals surface area contributed by atoms with Crippen LogP contribution in [-0.4, -0.2) is 32.8 Å². The normalized spacial score (nSPS) is 12.6. The van der Waals surface area contributed by atoms with E-state index in [9.17, 15) is 4.79 Å². The summed E-state index contributed by atoms with van der Waals surface area (Å²) in [5.74, 6) is -0.340. The molecule has 0 aromatic rings. The lowest BCUT2D eigenvalue weighted by molar-refractivity contribution is -0.142. The molecule has 0 heterocycles. The van der Waals surface area contributed by atoms with Gasteiger partial charge in [-0.2, -0.15) is 0 Å². The van der Waals surface area contributed by atoms with E-state index in [0.29, 0.717) is 13.0 Å². The SMILES string of the molecule is COCCCCC(N)C(=O)OC. The van der Waals surface area contributed by atoms with E-state index < -0.39 is 6.04 Å². The Labute approximate surface area is 73.0 Å². The summed E-state index contributed by atoms with van der Waals surface area (Å²) in [6.07, 6.45) is 2.49. The molecule has 2 N–H and O–H groups in total. The predicted molar refractivity (Wildman–Crippen MR) is 45.7 cm³/mol. The van der Waals surface area contributed by atoms with Crippen LogP contribution in [0.4, 0.5) is 0 Å². The van der Waals surface area contributed by atoms with E-state index in [-0.39, 0.29) is 5.97 Å². The second kappa shape index (κ2) is 7.06. The molecule has 0 saturated carbocycles. The van der Waals surface area contributed by atoms with Crippen LogP contribution in [0.2, 0.25) is 0 Å². The fourth-order valence-corrected chi connectivity index (χ4v) is 0.880. The van der Waals surface area contributed by atoms with Gasteiger partial charge in [0.15, 0.2) is 0 Å². The van der Waals surface area contributed by atoms with Gasteiger partial charge in [-0.1, -0.05) is 0 Å². The zero-order chi connectivity index (χ0) is 9.40. The maximum atomic E-state index is 10.8. The number of carbonyl (C=O) groups excluding carboxylic acids is 1. The van der Waals surface area contributed by atoms with Crippen LogP contribution in [0.1, 0.15) is 19.3 Å². The standard InChI is InChI=1S/C8H17NO3/c1-11-6-4-3-5-7(9)8(10)12-2/h7H,3-6,9H2,1-2H3. The summed E-state index contributed by atoms with van der Waals surface area (Å²) in [5, 5.41) is 0. The van der Waals surface area contributed by atoms with Gasteiger partial charge in [0.2, 0.25) is 0 Å². The highest BCUT2D eigenvalue weighted by Crippen LogP contribution is 2.00. The van der Waals surface area contributed by atoms with Crippen molar-refractivity contribution in [3.05, 3.63) is 0 Å². The number of rotatable bonds is 6. The van der Waals surface area contributed by atoms with Gasteiger partial charge in [-0.15, -0.1) is 0 Å². The van der Waals surface area contributed by atoms with Crippen LogP contribution in [0.3, 0.4) is 0 Å². The number of hydrogen-bond acceptors (Lipinski definition) is 4. The van der Waals surface area contributed by atoms with E-state index in [2.05, 4.69) is 4.74 Å². The van der Waals surface area contributed by atoms with E-state index in [4.69, 9.17) is 10.5 Å². The summed E-state index contributed by atoms with van der Waals surface area (Å²) >= 11 is 0. The van der Waals surface area contributed by atoms with Crippen molar-refractivity contribution in [1.29, 1.82) is 0 Å². The molecule has 12 heavy (non-hydrogen) atoms. The zero-order valence-electron chi connectivity index (χ0n) is 7.71. The Morgan fingerprint density at radius 3 is 2.58 bits per heavy atom. The molecule has 0 aliphatic heterocycles. The van der Waals surface area contributed by atoms with Crippen molar-refractivity contribution in [3.63, 3.8) is 0 Å². The highest BCUT2D eigenvalue weighted by molar-refractivity contribution is 5.75. The van der Waals surface area contributed by atoms with E-state index in [1.807, 2.05) is 0 Å². The van der Waals surface area contributed by atoms with Gasteiger partial charge in [0.05, 0.1) is 7.11 Å². The minimum atomic E-state index is -0.480. The third kappa shape index (κ3) is 5.09. The number of carbonyl (C=O) groups is 1. The van der Waals surface area contributed by atoms with Crippen molar-refractivity contribution in [1.82, 2.24) is 0 Å². The monoisotopic (exact) mass is 175 g/mol. The fraction of sp³-hybridized carbons (Fsp3) is 0.875. The van der Waals surface area contributed by atoms with E-state index in [1.165, 1.54) is 7.11 Å². The second-order valence-electron chi connectivity index (χ2n) is 2.62. The van der Waals surface area contributed by atoms with Crippen LogP contribution in [0, 0.1) is 0 Å². The lowest BCUT2D eigenvalue weighted by atomic mass is 10.1. The molecule has 0 aromatic heterocycles. The van der Waals surface area contributed by atoms with Crippen molar-refractivity contribution in [2.24, 2.45) is 5.73 Å². The lowest BCUT2D eigenvalue weighted by Gasteiger charge is -2.07. The van der Waals surface area contributed by atoms with Gasteiger partial charge in [0, 0.05) is 13.7 Å². The van der Waals surface area contributed by atoms with Gasteiger partial charge in [0.25, 0.3) is 0 Å². The Hall–Kier alpha value is -0.610. The Kier molecular flexibility index (Phi) is 6.70. The van der Waals surface area contributed by atoms with Gasteiger partial charge in [0.1, 0.15) is 6.04 Å². The summed E-state index contributed by atoms with van der Waals surface area (Å²) in [5.41, 5.74) is 5.49. The van der Waals surface area contributed by atoms with Crippen molar-refractivity contribution in [3.8, 4) is 0 Å². The first kappa shape index (κ1) is 11.4. The topological polar surface area (TPSA) is 61.5 Å². The van der Waals surface area contributed by atoms with E-state index in [0.717, 1.165) is 12.8 Å². The number of hydrogen-bond donors (Lipinski definition) is 1. The predicted octanol–water partition coefficient (Wildman–Crippen LogP) is 0.303. The van der Waals surface area contributed by atoms with Crippen molar-refractivity contribution >= 4 is 5.97 Å². The molecule has 4 nitrogen and oxygen atoms in total. The Morgan fingerprint density at radius 1 is 1.42 bits per heavy atom. The molecule has 0 saturated heterocycles. The summed E-state index contributed by atoms with van der Waals surface area (Å²) in [4.78, 5) is 10.8. The first-order chi connectivity index (χ1) is 5.72. The number of methoxy groups -OCH3 is 2. The Bertz CT molecular complexity index is 127. The molecule has 72 valence electrons. The zero-order valence-corrected chi connectivity index (χ0v) is 7.71. The number of nitrogens with two attached hydrogens (primary N) is 1. The summed E-state index contributed by atoms with van der Waals surface area (Å²) in [6, 6.07) is -0.480. The minimum absolute atomic E-state index is 0.340. The molecule has 0 fully saturated rings. The highest BCUT2D eigenvalue weighted by Gasteiger charge is 2.11. The molecule has 0 rings (SSSR count). The summed E-state index contributed by atoms with van der Waals surface area (Å²) in [6.45, 7) is 0.716. The van der Waals surface area contributed by atoms with E-state index >= 15 is 0 Å². The smallest absolute Gasteiger partial charge is 0.322 e. The lowest BCUT2D eigenvalue weighted by Crippen LogP contribution is -2.31. The van der Waals surface area contributed by atoms with Crippen LogP contribution in [0.5, 0.6) is 0 Å². The van der Waals surface area contributed by atoms with Gasteiger partial charge in [-0.05, 0) is 19.3 Å². The van der Waals surface area contributed by atoms with Gasteiger partial charge < -0.3 is 15.2 Å². The molecule has 0 aromatic carbocycles. The van der Waals surface area contributed by atoms with Gasteiger partial charge in [-0.3, -0.25) is 4.79 Å². The molecule has 0 aliphatic carbocycles. The molecule has 0 amide bonds. The number of unbranched alkanes of at least 4 members (excludes halogenated alkanes) is 1. The van der Waals surface area contributed by atoms with Crippen molar-refractivity contribution < 1.29 is 14.3 Å². The average molecular weight is 175 g/mol. The summed E-state index contributed by atoms with van der Waals surface area (Å²) < 4.78 is 9.33. The molecule has 1 unspecified atom stereocenters. The number of ether oxygens (including phenoxy) is 2. The molecule has 1 atom stereocenters. The average Bonchev–Trinajstić information content (AvgIpc) is 2.10. The molecule has 0 radical (unpaired) electrons. The Morgan fingerprint density at radius 2 is 2.08 bits per heavy atom.